The van der Waals surface area contributed by atoms with Crippen molar-refractivity contribution in [2.75, 3.05) is 25.6 Å². The van der Waals surface area contributed by atoms with Gasteiger partial charge in [-0.15, -0.1) is 0 Å². The van der Waals surface area contributed by atoms with Crippen LogP contribution in [0.3, 0.4) is 0 Å². The maximum atomic E-state index is 11.7. The number of hydrogen-bond donors (Lipinski definition) is 1. The summed E-state index contributed by atoms with van der Waals surface area (Å²) in [6, 6.07) is 7.82. The lowest BCUT2D eigenvalue weighted by Gasteiger charge is -2.19. The van der Waals surface area contributed by atoms with E-state index in [4.69, 9.17) is 9.47 Å². The lowest BCUT2D eigenvalue weighted by molar-refractivity contribution is 0.167. The van der Waals surface area contributed by atoms with Crippen molar-refractivity contribution in [3.8, 4) is 5.75 Å². The van der Waals surface area contributed by atoms with Gasteiger partial charge in [0.05, 0.1) is 31.6 Å². The molecule has 0 bridgehead atoms. The van der Waals surface area contributed by atoms with Gasteiger partial charge in [-0.25, -0.2) is 13.1 Å². The minimum absolute atomic E-state index is 0.0334. The van der Waals surface area contributed by atoms with Gasteiger partial charge in [0.2, 0.25) is 10.0 Å². The summed E-state index contributed by atoms with van der Waals surface area (Å²) in [6.07, 6.45) is 0. The monoisotopic (exact) mass is 327 g/mol. The Balaban J connectivity index is 1.90. The molecular formula is C16H25NO4S. The number of nitrogens with one attached hydrogen (secondary N) is 1. The summed E-state index contributed by atoms with van der Waals surface area (Å²) in [6.45, 7) is 7.28. The largest absolute Gasteiger partial charge is 0.493 e. The number of sulfonamides is 1. The smallest absolute Gasteiger partial charge is 0.211 e. The maximum absolute atomic E-state index is 11.7. The van der Waals surface area contributed by atoms with Crippen LogP contribution in [0.15, 0.2) is 24.3 Å². The first-order valence-corrected chi connectivity index (χ1v) is 9.37. The topological polar surface area (TPSA) is 64.6 Å². The van der Waals surface area contributed by atoms with Crippen LogP contribution in [0.1, 0.15) is 32.3 Å². The molecule has 1 fully saturated rings. The van der Waals surface area contributed by atoms with Crippen LogP contribution < -0.4 is 9.46 Å². The molecule has 124 valence electrons. The summed E-state index contributed by atoms with van der Waals surface area (Å²) in [7, 11) is -3.22. The van der Waals surface area contributed by atoms with E-state index in [1.165, 1.54) is 5.56 Å². The third-order valence-corrected chi connectivity index (χ3v) is 5.34. The van der Waals surface area contributed by atoms with E-state index in [-0.39, 0.29) is 17.7 Å². The van der Waals surface area contributed by atoms with Crippen LogP contribution in [0.4, 0.5) is 0 Å². The van der Waals surface area contributed by atoms with Crippen LogP contribution in [0.5, 0.6) is 5.75 Å². The molecule has 1 N–H and O–H groups in total. The van der Waals surface area contributed by atoms with Crippen molar-refractivity contribution in [1.82, 2.24) is 4.72 Å². The Morgan fingerprint density at radius 2 is 1.95 bits per heavy atom. The molecule has 0 spiro atoms. The third-order valence-electron chi connectivity index (χ3n) is 3.92. The first-order valence-electron chi connectivity index (χ1n) is 7.71. The van der Waals surface area contributed by atoms with Crippen molar-refractivity contribution in [3.63, 3.8) is 0 Å². The first-order chi connectivity index (χ1) is 10.4. The van der Waals surface area contributed by atoms with Gasteiger partial charge in [0.15, 0.2) is 0 Å². The molecule has 1 saturated heterocycles. The van der Waals surface area contributed by atoms with E-state index in [0.717, 1.165) is 5.75 Å². The molecule has 2 rings (SSSR count). The Bertz CT molecular complexity index is 568. The number of hydrogen-bond acceptors (Lipinski definition) is 4. The van der Waals surface area contributed by atoms with Gasteiger partial charge in [0.1, 0.15) is 5.75 Å². The Morgan fingerprint density at radius 1 is 1.27 bits per heavy atom. The van der Waals surface area contributed by atoms with Gasteiger partial charge in [-0.1, -0.05) is 26.0 Å². The maximum Gasteiger partial charge on any atom is 0.211 e. The molecule has 1 aliphatic rings. The zero-order valence-corrected chi connectivity index (χ0v) is 14.2. The lowest BCUT2D eigenvalue weighted by Crippen LogP contribution is -2.42. The third kappa shape index (κ3) is 4.69. The number of ether oxygens (including phenoxy) is 2. The zero-order chi connectivity index (χ0) is 16.2. The average Bonchev–Trinajstić information content (AvgIpc) is 2.92. The van der Waals surface area contributed by atoms with Crippen LogP contribution >= 0.6 is 0 Å². The van der Waals surface area contributed by atoms with Gasteiger partial charge in [-0.3, -0.25) is 0 Å². The van der Waals surface area contributed by atoms with Crippen LogP contribution in [-0.2, 0) is 14.8 Å². The van der Waals surface area contributed by atoms with Gasteiger partial charge >= 0.3 is 0 Å². The summed E-state index contributed by atoms with van der Waals surface area (Å²) in [5, 5.41) is 0. The van der Waals surface area contributed by atoms with Crippen LogP contribution in [0, 0.1) is 5.92 Å². The zero-order valence-electron chi connectivity index (χ0n) is 13.4. The van der Waals surface area contributed by atoms with Gasteiger partial charge < -0.3 is 9.47 Å². The summed E-state index contributed by atoms with van der Waals surface area (Å²) in [5.74, 6) is 1.40. The Labute approximate surface area is 133 Å². The SMILES string of the molecule is CCS(=O)(=O)NC1COCC1COc1ccc(C(C)C)cc1. The fraction of sp³-hybridized carbons (Fsp3) is 0.625. The van der Waals surface area contributed by atoms with E-state index in [1.807, 2.05) is 12.1 Å². The van der Waals surface area contributed by atoms with Crippen molar-refractivity contribution >= 4 is 10.0 Å². The minimum atomic E-state index is -3.22. The van der Waals surface area contributed by atoms with Gasteiger partial charge in [-0.2, -0.15) is 0 Å². The van der Waals surface area contributed by atoms with E-state index < -0.39 is 10.0 Å². The average molecular weight is 327 g/mol. The molecule has 1 aliphatic heterocycles. The molecular weight excluding hydrogens is 302 g/mol. The Morgan fingerprint density at radius 3 is 2.55 bits per heavy atom. The predicted molar refractivity (Wildman–Crippen MR) is 86.7 cm³/mol. The van der Waals surface area contributed by atoms with Crippen molar-refractivity contribution < 1.29 is 17.9 Å². The summed E-state index contributed by atoms with van der Waals surface area (Å²) < 4.78 is 37.2. The molecule has 0 radical (unpaired) electrons. The normalized spacial score (nSPS) is 22.2. The number of rotatable bonds is 7. The molecule has 1 aromatic rings. The van der Waals surface area contributed by atoms with Gasteiger partial charge in [0.25, 0.3) is 0 Å². The quantitative estimate of drug-likeness (QED) is 0.833. The molecule has 0 saturated carbocycles. The Hall–Kier alpha value is -1.11. The van der Waals surface area contributed by atoms with Crippen molar-refractivity contribution in [2.45, 2.75) is 32.7 Å². The van der Waals surface area contributed by atoms with Gasteiger partial charge in [-0.05, 0) is 30.5 Å². The van der Waals surface area contributed by atoms with Crippen molar-refractivity contribution in [1.29, 1.82) is 0 Å². The van der Waals surface area contributed by atoms with Gasteiger partial charge in [0, 0.05) is 5.92 Å². The second-order valence-electron chi connectivity index (χ2n) is 5.96. The molecule has 6 heteroatoms. The van der Waals surface area contributed by atoms with Crippen LogP contribution in [0.2, 0.25) is 0 Å². The standard InChI is InChI=1S/C16H25NO4S/c1-4-22(18,19)17-16-11-20-9-14(16)10-21-15-7-5-13(6-8-15)12(2)3/h5-8,12,14,16-17H,4,9-11H2,1-3H3. The summed E-state index contributed by atoms with van der Waals surface area (Å²) >= 11 is 0. The minimum Gasteiger partial charge on any atom is -0.493 e. The van der Waals surface area contributed by atoms with E-state index in [1.54, 1.807) is 6.92 Å². The highest BCUT2D eigenvalue weighted by atomic mass is 32.2. The molecule has 2 atom stereocenters. The van der Waals surface area contributed by atoms with Crippen LogP contribution in [-0.4, -0.2) is 40.0 Å². The summed E-state index contributed by atoms with van der Waals surface area (Å²) in [4.78, 5) is 0. The van der Waals surface area contributed by atoms with E-state index in [0.29, 0.717) is 25.7 Å². The van der Waals surface area contributed by atoms with Crippen molar-refractivity contribution in [2.24, 2.45) is 5.92 Å². The molecule has 22 heavy (non-hydrogen) atoms. The molecule has 5 nitrogen and oxygen atoms in total. The molecule has 1 heterocycles. The van der Waals surface area contributed by atoms with E-state index in [9.17, 15) is 8.42 Å². The molecule has 1 aromatic carbocycles. The van der Waals surface area contributed by atoms with Crippen LogP contribution in [0.25, 0.3) is 0 Å². The fourth-order valence-corrected chi connectivity index (χ4v) is 3.25. The highest BCUT2D eigenvalue weighted by Gasteiger charge is 2.31. The lowest BCUT2D eigenvalue weighted by atomic mass is 10.0. The highest BCUT2D eigenvalue weighted by molar-refractivity contribution is 7.89. The fourth-order valence-electron chi connectivity index (χ4n) is 2.36. The van der Waals surface area contributed by atoms with E-state index in [2.05, 4.69) is 30.7 Å². The first kappa shape index (κ1) is 17.2. The second kappa shape index (κ2) is 7.44. The molecule has 0 amide bonds. The molecule has 0 aliphatic carbocycles. The number of benzene rings is 1. The van der Waals surface area contributed by atoms with Crippen molar-refractivity contribution in [3.05, 3.63) is 29.8 Å². The summed E-state index contributed by atoms with van der Waals surface area (Å²) in [5.41, 5.74) is 1.27. The van der Waals surface area contributed by atoms with E-state index >= 15 is 0 Å². The second-order valence-corrected chi connectivity index (χ2v) is 8.00. The Kier molecular flexibility index (Phi) is 5.83. The predicted octanol–water partition coefficient (Wildman–Crippen LogP) is 2.14. The highest BCUT2D eigenvalue weighted by Crippen LogP contribution is 2.21. The molecule has 2 unspecified atom stereocenters. The molecule has 0 aromatic heterocycles.